The molecule has 23 heavy (non-hydrogen) atoms. The quantitative estimate of drug-likeness (QED) is 0.876. The van der Waals surface area contributed by atoms with E-state index >= 15 is 0 Å². The van der Waals surface area contributed by atoms with Crippen LogP contribution < -0.4 is 0 Å². The molecule has 0 bridgehead atoms. The van der Waals surface area contributed by atoms with Crippen molar-refractivity contribution in [1.82, 2.24) is 0 Å². The third-order valence-corrected chi connectivity index (χ3v) is 6.70. The molecule has 0 heterocycles. The molecule has 0 spiro atoms. The van der Waals surface area contributed by atoms with Crippen molar-refractivity contribution in [1.29, 1.82) is 0 Å². The summed E-state index contributed by atoms with van der Waals surface area (Å²) in [5.41, 5.74) is 3.77. The molecule has 2 aromatic carbocycles. The van der Waals surface area contributed by atoms with Gasteiger partial charge in [-0.15, -0.1) is 0 Å². The zero-order valence-electron chi connectivity index (χ0n) is 14.3. The van der Waals surface area contributed by atoms with E-state index in [2.05, 4.69) is 0 Å². The summed E-state index contributed by atoms with van der Waals surface area (Å²) in [5.74, 6) is -0.292. The fraction of sp³-hybridized carbons (Fsp3) is 0.333. The van der Waals surface area contributed by atoms with Crippen molar-refractivity contribution < 1.29 is 18.6 Å². The molecule has 2 rings (SSSR count). The topological polar surface area (TPSA) is 74.6 Å². The van der Waals surface area contributed by atoms with E-state index in [4.69, 9.17) is 0 Å². The molecule has 124 valence electrons. The highest BCUT2D eigenvalue weighted by Gasteiger charge is 2.29. The second-order valence-corrected chi connectivity index (χ2v) is 7.94. The first-order valence-electron chi connectivity index (χ1n) is 7.34. The molecule has 0 atom stereocenters. The first-order chi connectivity index (χ1) is 10.5. The number of benzene rings is 2. The van der Waals surface area contributed by atoms with E-state index in [-0.39, 0.29) is 21.3 Å². The number of phenolic OH excluding ortho intramolecular Hbond substituents is 2. The summed E-state index contributed by atoms with van der Waals surface area (Å²) in [6, 6.07) is 3.04. The maximum atomic E-state index is 13.1. The number of phenols is 2. The molecule has 0 aliphatic heterocycles. The predicted octanol–water partition coefficient (Wildman–Crippen LogP) is 3.78. The molecule has 0 amide bonds. The van der Waals surface area contributed by atoms with Gasteiger partial charge in [-0.05, 0) is 81.5 Å². The van der Waals surface area contributed by atoms with E-state index in [0.717, 1.165) is 11.1 Å². The zero-order chi connectivity index (χ0) is 17.7. The maximum Gasteiger partial charge on any atom is 0.210 e. The van der Waals surface area contributed by atoms with Gasteiger partial charge in [-0.25, -0.2) is 8.42 Å². The van der Waals surface area contributed by atoms with Crippen LogP contribution in [-0.4, -0.2) is 18.6 Å². The van der Waals surface area contributed by atoms with Crippen LogP contribution in [0.5, 0.6) is 11.5 Å². The van der Waals surface area contributed by atoms with E-state index in [9.17, 15) is 18.6 Å². The molecule has 0 radical (unpaired) electrons. The standard InChI is InChI=1S/C18H22O4S/c1-9-7-15(19)14(6)18(12(9)4)23(21,22)16-8-10(2)11(3)13(5)17(16)20/h7-8,19-20H,1-6H3. The Morgan fingerprint density at radius 2 is 1.26 bits per heavy atom. The second-order valence-electron chi connectivity index (χ2n) is 6.09. The predicted molar refractivity (Wildman–Crippen MR) is 90.1 cm³/mol. The van der Waals surface area contributed by atoms with E-state index in [1.165, 1.54) is 6.07 Å². The van der Waals surface area contributed by atoms with Gasteiger partial charge in [0.25, 0.3) is 0 Å². The average Bonchev–Trinajstić information content (AvgIpc) is 2.46. The fourth-order valence-electron chi connectivity index (χ4n) is 2.75. The molecule has 2 N–H and O–H groups in total. The van der Waals surface area contributed by atoms with Crippen LogP contribution >= 0.6 is 0 Å². The van der Waals surface area contributed by atoms with Gasteiger partial charge in [-0.1, -0.05) is 0 Å². The third kappa shape index (κ3) is 2.59. The Labute approximate surface area is 137 Å². The van der Waals surface area contributed by atoms with Crippen LogP contribution in [0.25, 0.3) is 0 Å². The zero-order valence-corrected chi connectivity index (χ0v) is 15.1. The Bertz CT molecular complexity index is 883. The van der Waals surface area contributed by atoms with Gasteiger partial charge in [0.1, 0.15) is 16.4 Å². The second kappa shape index (κ2) is 5.57. The summed E-state index contributed by atoms with van der Waals surface area (Å²) in [7, 11) is -3.95. The molecule has 0 saturated heterocycles. The number of hydrogen-bond acceptors (Lipinski definition) is 4. The summed E-state index contributed by atoms with van der Waals surface area (Å²) in [6.07, 6.45) is 0. The smallest absolute Gasteiger partial charge is 0.210 e. The van der Waals surface area contributed by atoms with Crippen molar-refractivity contribution in [2.75, 3.05) is 0 Å². The van der Waals surface area contributed by atoms with Gasteiger partial charge in [0, 0.05) is 5.56 Å². The highest BCUT2D eigenvalue weighted by Crippen LogP contribution is 2.39. The molecule has 2 aromatic rings. The normalized spacial score (nSPS) is 11.7. The van der Waals surface area contributed by atoms with Crippen molar-refractivity contribution in [2.24, 2.45) is 0 Å². The van der Waals surface area contributed by atoms with Gasteiger partial charge < -0.3 is 10.2 Å². The lowest BCUT2D eigenvalue weighted by atomic mass is 10.0. The number of aryl methyl sites for hydroxylation is 2. The SMILES string of the molecule is Cc1cc(S(=O)(=O)c2c(C)c(C)cc(O)c2C)c(O)c(C)c1C. The largest absolute Gasteiger partial charge is 0.508 e. The Kier molecular flexibility index (Phi) is 4.20. The van der Waals surface area contributed by atoms with Crippen molar-refractivity contribution >= 4 is 9.84 Å². The highest BCUT2D eigenvalue weighted by molar-refractivity contribution is 7.91. The van der Waals surface area contributed by atoms with Gasteiger partial charge in [0.15, 0.2) is 0 Å². The number of aromatic hydroxyl groups is 2. The van der Waals surface area contributed by atoms with Gasteiger partial charge >= 0.3 is 0 Å². The molecule has 0 aliphatic carbocycles. The van der Waals surface area contributed by atoms with Crippen LogP contribution in [0.15, 0.2) is 21.9 Å². The summed E-state index contributed by atoms with van der Waals surface area (Å²) in [5, 5.41) is 20.4. The van der Waals surface area contributed by atoms with E-state index < -0.39 is 9.84 Å². The van der Waals surface area contributed by atoms with E-state index in [1.807, 2.05) is 13.8 Å². The Balaban J connectivity index is 2.91. The lowest BCUT2D eigenvalue weighted by molar-refractivity contribution is 0.452. The molecule has 4 nitrogen and oxygen atoms in total. The van der Waals surface area contributed by atoms with Crippen LogP contribution in [0, 0.1) is 41.5 Å². The van der Waals surface area contributed by atoms with Crippen molar-refractivity contribution in [3.8, 4) is 11.5 Å². The van der Waals surface area contributed by atoms with Gasteiger partial charge in [-0.3, -0.25) is 0 Å². The fourth-order valence-corrected chi connectivity index (χ4v) is 4.78. The van der Waals surface area contributed by atoms with Gasteiger partial charge in [0.05, 0.1) is 4.90 Å². The van der Waals surface area contributed by atoms with Gasteiger partial charge in [-0.2, -0.15) is 0 Å². The Morgan fingerprint density at radius 1 is 0.739 bits per heavy atom. The minimum atomic E-state index is -3.95. The van der Waals surface area contributed by atoms with Gasteiger partial charge in [0.2, 0.25) is 9.84 Å². The first-order valence-corrected chi connectivity index (χ1v) is 8.83. The molecule has 0 aliphatic rings. The lowest BCUT2D eigenvalue weighted by Gasteiger charge is -2.17. The number of hydrogen-bond donors (Lipinski definition) is 2. The van der Waals surface area contributed by atoms with E-state index in [0.29, 0.717) is 22.3 Å². The van der Waals surface area contributed by atoms with Crippen molar-refractivity contribution in [3.63, 3.8) is 0 Å². The van der Waals surface area contributed by atoms with Crippen molar-refractivity contribution in [2.45, 2.75) is 51.3 Å². The van der Waals surface area contributed by atoms with Crippen LogP contribution in [-0.2, 0) is 9.84 Å². The van der Waals surface area contributed by atoms with Crippen LogP contribution in [0.4, 0.5) is 0 Å². The summed E-state index contributed by atoms with van der Waals surface area (Å²) < 4.78 is 26.3. The molecule has 0 fully saturated rings. The van der Waals surface area contributed by atoms with E-state index in [1.54, 1.807) is 33.8 Å². The monoisotopic (exact) mass is 334 g/mol. The molecule has 0 saturated carbocycles. The summed E-state index contributed by atoms with van der Waals surface area (Å²) in [6.45, 7) is 10.4. The highest BCUT2D eigenvalue weighted by atomic mass is 32.2. The lowest BCUT2D eigenvalue weighted by Crippen LogP contribution is -2.09. The number of sulfone groups is 1. The summed E-state index contributed by atoms with van der Waals surface area (Å²) >= 11 is 0. The van der Waals surface area contributed by atoms with Crippen LogP contribution in [0.1, 0.15) is 33.4 Å². The molecule has 5 heteroatoms. The molecule has 0 unspecified atom stereocenters. The van der Waals surface area contributed by atoms with Crippen molar-refractivity contribution in [3.05, 3.63) is 45.5 Å². The number of rotatable bonds is 2. The minimum absolute atomic E-state index is 0.0629. The molecular weight excluding hydrogens is 312 g/mol. The minimum Gasteiger partial charge on any atom is -0.508 e. The Morgan fingerprint density at radius 3 is 1.83 bits per heavy atom. The molecule has 0 aromatic heterocycles. The molecular formula is C18H22O4S. The first kappa shape index (κ1) is 17.3. The van der Waals surface area contributed by atoms with Crippen LogP contribution in [0.3, 0.4) is 0 Å². The average molecular weight is 334 g/mol. The Hall–Kier alpha value is -2.01. The third-order valence-electron chi connectivity index (χ3n) is 4.66. The maximum absolute atomic E-state index is 13.1. The van der Waals surface area contributed by atoms with Crippen LogP contribution in [0.2, 0.25) is 0 Å². The summed E-state index contributed by atoms with van der Waals surface area (Å²) in [4.78, 5) is -0.0535.